The molecule has 0 aliphatic rings. The standard InChI is InChI=1S/C13H17NO2/c1-3-14(2)10-12-6-4-5-11(9-12)7-8-13(15)16/h4-9H,3,10H2,1-2H3,(H,15,16)/b8-7+. The smallest absolute Gasteiger partial charge is 0.328 e. The van der Waals surface area contributed by atoms with Crippen LogP contribution in [0.3, 0.4) is 0 Å². The Labute approximate surface area is 96.0 Å². The van der Waals surface area contributed by atoms with Crippen LogP contribution in [0.1, 0.15) is 18.1 Å². The van der Waals surface area contributed by atoms with Crippen LogP contribution in [-0.2, 0) is 11.3 Å². The van der Waals surface area contributed by atoms with Gasteiger partial charge in [-0.05, 0) is 30.8 Å². The van der Waals surface area contributed by atoms with Gasteiger partial charge in [0.05, 0.1) is 0 Å². The zero-order valence-electron chi connectivity index (χ0n) is 9.68. The number of hydrogen-bond acceptors (Lipinski definition) is 2. The highest BCUT2D eigenvalue weighted by atomic mass is 16.4. The summed E-state index contributed by atoms with van der Waals surface area (Å²) in [6.45, 7) is 3.98. The Hall–Kier alpha value is -1.61. The lowest BCUT2D eigenvalue weighted by Gasteiger charge is -2.13. The normalized spacial score (nSPS) is 11.2. The van der Waals surface area contributed by atoms with Gasteiger partial charge in [-0.3, -0.25) is 0 Å². The van der Waals surface area contributed by atoms with Gasteiger partial charge < -0.3 is 10.0 Å². The monoisotopic (exact) mass is 219 g/mol. The highest BCUT2D eigenvalue weighted by Gasteiger charge is 1.98. The minimum atomic E-state index is -0.920. The Bertz CT molecular complexity index is 385. The molecule has 0 aliphatic carbocycles. The molecular weight excluding hydrogens is 202 g/mol. The molecule has 0 bridgehead atoms. The Morgan fingerprint density at radius 2 is 2.25 bits per heavy atom. The first kappa shape index (κ1) is 12.5. The van der Waals surface area contributed by atoms with E-state index in [1.165, 1.54) is 5.56 Å². The SMILES string of the molecule is CCN(C)Cc1cccc(/C=C/C(=O)O)c1. The lowest BCUT2D eigenvalue weighted by Crippen LogP contribution is -2.16. The van der Waals surface area contributed by atoms with E-state index in [1.54, 1.807) is 6.08 Å². The number of nitrogens with zero attached hydrogens (tertiary/aromatic N) is 1. The maximum absolute atomic E-state index is 10.4. The number of carbonyl (C=O) groups is 1. The van der Waals surface area contributed by atoms with E-state index in [0.29, 0.717) is 0 Å². The largest absolute Gasteiger partial charge is 0.478 e. The van der Waals surface area contributed by atoms with Crippen molar-refractivity contribution in [3.8, 4) is 0 Å². The van der Waals surface area contributed by atoms with Gasteiger partial charge >= 0.3 is 5.97 Å². The van der Waals surface area contributed by atoms with Gasteiger partial charge in [0, 0.05) is 12.6 Å². The molecule has 0 unspecified atom stereocenters. The summed E-state index contributed by atoms with van der Waals surface area (Å²) in [6, 6.07) is 7.89. The van der Waals surface area contributed by atoms with Gasteiger partial charge in [0.25, 0.3) is 0 Å². The highest BCUT2D eigenvalue weighted by Crippen LogP contribution is 2.09. The summed E-state index contributed by atoms with van der Waals surface area (Å²) >= 11 is 0. The number of aliphatic carboxylic acids is 1. The third-order valence-corrected chi connectivity index (χ3v) is 2.36. The van der Waals surface area contributed by atoms with Crippen LogP contribution >= 0.6 is 0 Å². The molecule has 0 radical (unpaired) electrons. The fourth-order valence-electron chi connectivity index (χ4n) is 1.39. The van der Waals surface area contributed by atoms with E-state index in [9.17, 15) is 4.79 Å². The van der Waals surface area contributed by atoms with Crippen molar-refractivity contribution in [3.05, 3.63) is 41.5 Å². The van der Waals surface area contributed by atoms with Crippen molar-refractivity contribution in [2.75, 3.05) is 13.6 Å². The van der Waals surface area contributed by atoms with E-state index in [2.05, 4.69) is 18.9 Å². The van der Waals surface area contributed by atoms with Crippen LogP contribution in [0.5, 0.6) is 0 Å². The molecule has 1 N–H and O–H groups in total. The first-order valence-electron chi connectivity index (χ1n) is 5.30. The second kappa shape index (κ2) is 6.08. The Morgan fingerprint density at radius 1 is 1.50 bits per heavy atom. The predicted octanol–water partition coefficient (Wildman–Crippen LogP) is 2.24. The number of rotatable bonds is 5. The molecule has 1 aromatic carbocycles. The fraction of sp³-hybridized carbons (Fsp3) is 0.308. The first-order valence-corrected chi connectivity index (χ1v) is 5.30. The van der Waals surface area contributed by atoms with Crippen LogP contribution in [0.15, 0.2) is 30.3 Å². The summed E-state index contributed by atoms with van der Waals surface area (Å²) in [6.07, 6.45) is 2.76. The summed E-state index contributed by atoms with van der Waals surface area (Å²) in [5.41, 5.74) is 2.11. The fourth-order valence-corrected chi connectivity index (χ4v) is 1.39. The lowest BCUT2D eigenvalue weighted by molar-refractivity contribution is -0.131. The van der Waals surface area contributed by atoms with Gasteiger partial charge in [0.2, 0.25) is 0 Å². The summed E-state index contributed by atoms with van der Waals surface area (Å²) in [7, 11) is 2.06. The van der Waals surface area contributed by atoms with Crippen LogP contribution in [0, 0.1) is 0 Å². The average Bonchev–Trinajstić information content (AvgIpc) is 2.26. The van der Waals surface area contributed by atoms with Crippen molar-refractivity contribution in [3.63, 3.8) is 0 Å². The van der Waals surface area contributed by atoms with Gasteiger partial charge in [-0.1, -0.05) is 31.2 Å². The van der Waals surface area contributed by atoms with E-state index in [1.807, 2.05) is 24.3 Å². The Morgan fingerprint density at radius 3 is 2.88 bits per heavy atom. The summed E-state index contributed by atoms with van der Waals surface area (Å²) < 4.78 is 0. The Kier molecular flexibility index (Phi) is 4.73. The van der Waals surface area contributed by atoms with Gasteiger partial charge in [-0.2, -0.15) is 0 Å². The molecule has 0 aromatic heterocycles. The summed E-state index contributed by atoms with van der Waals surface area (Å²) in [4.78, 5) is 12.6. The van der Waals surface area contributed by atoms with Crippen LogP contribution in [0.25, 0.3) is 6.08 Å². The molecule has 1 aromatic rings. The van der Waals surface area contributed by atoms with E-state index in [4.69, 9.17) is 5.11 Å². The zero-order chi connectivity index (χ0) is 12.0. The molecular formula is C13H17NO2. The molecule has 0 fully saturated rings. The van der Waals surface area contributed by atoms with Gasteiger partial charge in [-0.15, -0.1) is 0 Å². The third-order valence-electron chi connectivity index (χ3n) is 2.36. The van der Waals surface area contributed by atoms with E-state index in [0.717, 1.165) is 24.7 Å². The molecule has 3 heteroatoms. The van der Waals surface area contributed by atoms with Crippen LogP contribution < -0.4 is 0 Å². The molecule has 1 rings (SSSR count). The van der Waals surface area contributed by atoms with E-state index >= 15 is 0 Å². The molecule has 0 amide bonds. The second-order valence-electron chi connectivity index (χ2n) is 3.75. The highest BCUT2D eigenvalue weighted by molar-refractivity contribution is 5.85. The quantitative estimate of drug-likeness (QED) is 0.772. The molecule has 3 nitrogen and oxygen atoms in total. The first-order chi connectivity index (χ1) is 7.61. The molecule has 0 saturated heterocycles. The van der Waals surface area contributed by atoms with Gasteiger partial charge in [0.1, 0.15) is 0 Å². The maximum Gasteiger partial charge on any atom is 0.328 e. The van der Waals surface area contributed by atoms with Gasteiger partial charge in [0.15, 0.2) is 0 Å². The van der Waals surface area contributed by atoms with Crippen molar-refractivity contribution in [2.45, 2.75) is 13.5 Å². The molecule has 0 spiro atoms. The topological polar surface area (TPSA) is 40.5 Å². The van der Waals surface area contributed by atoms with Crippen molar-refractivity contribution in [2.24, 2.45) is 0 Å². The van der Waals surface area contributed by atoms with Gasteiger partial charge in [-0.25, -0.2) is 4.79 Å². The maximum atomic E-state index is 10.4. The summed E-state index contributed by atoms with van der Waals surface area (Å²) in [5, 5.41) is 8.53. The third kappa shape index (κ3) is 4.28. The number of hydrogen-bond donors (Lipinski definition) is 1. The van der Waals surface area contributed by atoms with E-state index in [-0.39, 0.29) is 0 Å². The number of carboxylic acids is 1. The van der Waals surface area contributed by atoms with E-state index < -0.39 is 5.97 Å². The lowest BCUT2D eigenvalue weighted by atomic mass is 10.1. The molecule has 16 heavy (non-hydrogen) atoms. The molecule has 0 atom stereocenters. The summed E-state index contributed by atoms with van der Waals surface area (Å²) in [5.74, 6) is -0.920. The number of carboxylic acid groups (broad SMARTS) is 1. The molecule has 0 heterocycles. The van der Waals surface area contributed by atoms with Crippen molar-refractivity contribution < 1.29 is 9.90 Å². The van der Waals surface area contributed by atoms with Crippen LogP contribution in [0.4, 0.5) is 0 Å². The van der Waals surface area contributed by atoms with Crippen molar-refractivity contribution >= 4 is 12.0 Å². The van der Waals surface area contributed by atoms with Crippen molar-refractivity contribution in [1.82, 2.24) is 4.90 Å². The molecule has 0 saturated carbocycles. The van der Waals surface area contributed by atoms with Crippen molar-refractivity contribution in [1.29, 1.82) is 0 Å². The zero-order valence-corrected chi connectivity index (χ0v) is 9.68. The van der Waals surface area contributed by atoms with Crippen LogP contribution in [-0.4, -0.2) is 29.6 Å². The number of benzene rings is 1. The minimum Gasteiger partial charge on any atom is -0.478 e. The molecule has 0 aliphatic heterocycles. The predicted molar refractivity (Wildman–Crippen MR) is 65.1 cm³/mol. The average molecular weight is 219 g/mol. The Balaban J connectivity index is 2.74. The minimum absolute atomic E-state index is 0.880. The molecule has 86 valence electrons. The second-order valence-corrected chi connectivity index (χ2v) is 3.75. The van der Waals surface area contributed by atoms with Crippen LogP contribution in [0.2, 0.25) is 0 Å².